The minimum atomic E-state index is -0.304. The van der Waals surface area contributed by atoms with Crippen LogP contribution in [0.2, 0.25) is 0 Å². The average molecular weight is 395 g/mol. The zero-order valence-corrected chi connectivity index (χ0v) is 15.9. The second-order valence-electron chi connectivity index (χ2n) is 6.29. The molecule has 1 saturated heterocycles. The fourth-order valence-electron chi connectivity index (χ4n) is 2.99. The number of hydrogen-bond acceptors (Lipinski definition) is 6. The van der Waals surface area contributed by atoms with E-state index in [0.717, 1.165) is 5.56 Å². The number of hydrogen-bond donors (Lipinski definition) is 0. The molecule has 0 saturated carbocycles. The van der Waals surface area contributed by atoms with E-state index in [9.17, 15) is 4.39 Å². The summed E-state index contributed by atoms with van der Waals surface area (Å²) in [6, 6.07) is 16.0. The van der Waals surface area contributed by atoms with E-state index in [-0.39, 0.29) is 5.82 Å². The zero-order chi connectivity index (χ0) is 19.3. The van der Waals surface area contributed by atoms with Crippen LogP contribution in [0, 0.1) is 17.1 Å². The van der Waals surface area contributed by atoms with Gasteiger partial charge in [-0.25, -0.2) is 4.39 Å². The van der Waals surface area contributed by atoms with Crippen LogP contribution in [0.15, 0.2) is 53.7 Å². The lowest BCUT2D eigenvalue weighted by Crippen LogP contribution is -2.37. The molecular weight excluding hydrogens is 377 g/mol. The van der Waals surface area contributed by atoms with Gasteiger partial charge in [-0.15, -0.1) is 10.2 Å². The standard InChI is InChI=1S/C20H18FN5OS/c21-17-2-1-3-18(12-17)26-19(25-8-10-27-11-9-25)23-24-20(26)28-14-16-6-4-15(13-22)5-7-16/h1-7,12H,8-11,14H2. The molecule has 1 fully saturated rings. The maximum atomic E-state index is 13.9. The van der Waals surface area contributed by atoms with Gasteiger partial charge in [-0.3, -0.25) is 4.57 Å². The van der Waals surface area contributed by atoms with E-state index in [4.69, 9.17) is 10.00 Å². The molecule has 1 aliphatic rings. The van der Waals surface area contributed by atoms with Gasteiger partial charge in [-0.1, -0.05) is 30.0 Å². The number of morpholine rings is 1. The third-order valence-corrected chi connectivity index (χ3v) is 5.43. The van der Waals surface area contributed by atoms with Crippen LogP contribution in [-0.2, 0) is 10.5 Å². The Kier molecular flexibility index (Phi) is 5.55. The predicted molar refractivity (Wildman–Crippen MR) is 105 cm³/mol. The van der Waals surface area contributed by atoms with Crippen molar-refractivity contribution in [1.82, 2.24) is 14.8 Å². The number of anilines is 1. The van der Waals surface area contributed by atoms with Crippen molar-refractivity contribution >= 4 is 17.7 Å². The van der Waals surface area contributed by atoms with Gasteiger partial charge in [0.25, 0.3) is 0 Å². The van der Waals surface area contributed by atoms with E-state index in [1.807, 2.05) is 22.8 Å². The number of nitriles is 1. The number of rotatable bonds is 5. The van der Waals surface area contributed by atoms with Crippen LogP contribution >= 0.6 is 11.8 Å². The minimum absolute atomic E-state index is 0.304. The van der Waals surface area contributed by atoms with Crippen LogP contribution in [-0.4, -0.2) is 41.1 Å². The number of nitrogens with zero attached hydrogens (tertiary/aromatic N) is 5. The average Bonchev–Trinajstić information content (AvgIpc) is 3.17. The van der Waals surface area contributed by atoms with Crippen LogP contribution in [0.5, 0.6) is 0 Å². The second-order valence-corrected chi connectivity index (χ2v) is 7.24. The van der Waals surface area contributed by atoms with Crippen molar-refractivity contribution in [2.24, 2.45) is 0 Å². The smallest absolute Gasteiger partial charge is 0.232 e. The van der Waals surface area contributed by atoms with E-state index >= 15 is 0 Å². The molecule has 28 heavy (non-hydrogen) atoms. The molecule has 4 rings (SSSR count). The van der Waals surface area contributed by atoms with E-state index in [1.165, 1.54) is 23.9 Å². The zero-order valence-electron chi connectivity index (χ0n) is 15.1. The Labute approximate surface area is 166 Å². The van der Waals surface area contributed by atoms with Crippen molar-refractivity contribution in [2.45, 2.75) is 10.9 Å². The molecule has 0 radical (unpaired) electrons. The van der Waals surface area contributed by atoms with Crippen molar-refractivity contribution in [3.8, 4) is 11.8 Å². The molecule has 0 amide bonds. The maximum absolute atomic E-state index is 13.9. The maximum Gasteiger partial charge on any atom is 0.232 e. The molecule has 0 spiro atoms. The Morgan fingerprint density at radius 2 is 1.89 bits per heavy atom. The molecule has 6 nitrogen and oxygen atoms in total. The molecule has 0 bridgehead atoms. The highest BCUT2D eigenvalue weighted by molar-refractivity contribution is 7.98. The number of thioether (sulfide) groups is 1. The van der Waals surface area contributed by atoms with Crippen LogP contribution < -0.4 is 4.90 Å². The SMILES string of the molecule is N#Cc1ccc(CSc2nnc(N3CCOCC3)n2-c2cccc(F)c2)cc1. The molecule has 1 aliphatic heterocycles. The van der Waals surface area contributed by atoms with Gasteiger partial charge in [-0.2, -0.15) is 5.26 Å². The number of benzene rings is 2. The topological polar surface area (TPSA) is 67.0 Å². The third kappa shape index (κ3) is 4.01. The van der Waals surface area contributed by atoms with Crippen molar-refractivity contribution in [3.05, 3.63) is 65.5 Å². The molecule has 1 aromatic heterocycles. The van der Waals surface area contributed by atoms with Crippen LogP contribution in [0.4, 0.5) is 10.3 Å². The Hall–Kier alpha value is -2.89. The lowest BCUT2D eigenvalue weighted by molar-refractivity contribution is 0.122. The fourth-order valence-corrected chi connectivity index (χ4v) is 3.89. The highest BCUT2D eigenvalue weighted by Gasteiger charge is 2.22. The minimum Gasteiger partial charge on any atom is -0.378 e. The lowest BCUT2D eigenvalue weighted by Gasteiger charge is -2.27. The fraction of sp³-hybridized carbons (Fsp3) is 0.250. The third-order valence-electron chi connectivity index (χ3n) is 4.43. The Morgan fingerprint density at radius 3 is 2.61 bits per heavy atom. The molecule has 142 valence electrons. The van der Waals surface area contributed by atoms with Crippen molar-refractivity contribution in [1.29, 1.82) is 5.26 Å². The first-order chi connectivity index (χ1) is 13.7. The Morgan fingerprint density at radius 1 is 1.11 bits per heavy atom. The first-order valence-corrected chi connectivity index (χ1v) is 9.89. The quantitative estimate of drug-likeness (QED) is 0.617. The Balaban J connectivity index is 1.64. The molecule has 2 aromatic carbocycles. The van der Waals surface area contributed by atoms with E-state index in [1.54, 1.807) is 18.2 Å². The van der Waals surface area contributed by atoms with Gasteiger partial charge in [0.15, 0.2) is 5.16 Å². The summed E-state index contributed by atoms with van der Waals surface area (Å²) in [6.07, 6.45) is 0. The molecule has 2 heterocycles. The van der Waals surface area contributed by atoms with Gasteiger partial charge in [0.2, 0.25) is 5.95 Å². The highest BCUT2D eigenvalue weighted by Crippen LogP contribution is 2.29. The summed E-state index contributed by atoms with van der Waals surface area (Å²) in [5.74, 6) is 1.06. The normalized spacial score (nSPS) is 14.1. The second kappa shape index (κ2) is 8.42. The summed E-state index contributed by atoms with van der Waals surface area (Å²) in [5.41, 5.74) is 2.39. The molecule has 3 aromatic rings. The first kappa shape index (κ1) is 18.5. The van der Waals surface area contributed by atoms with Gasteiger partial charge < -0.3 is 9.64 Å². The lowest BCUT2D eigenvalue weighted by atomic mass is 10.2. The first-order valence-electron chi connectivity index (χ1n) is 8.90. The van der Waals surface area contributed by atoms with Crippen molar-refractivity contribution < 1.29 is 9.13 Å². The van der Waals surface area contributed by atoms with Crippen LogP contribution in [0.25, 0.3) is 5.69 Å². The number of halogens is 1. The van der Waals surface area contributed by atoms with Gasteiger partial charge in [0, 0.05) is 18.8 Å². The van der Waals surface area contributed by atoms with Crippen LogP contribution in [0.1, 0.15) is 11.1 Å². The highest BCUT2D eigenvalue weighted by atomic mass is 32.2. The summed E-state index contributed by atoms with van der Waals surface area (Å²) in [5, 5.41) is 18.4. The summed E-state index contributed by atoms with van der Waals surface area (Å²) in [4.78, 5) is 2.10. The molecule has 0 N–H and O–H groups in total. The van der Waals surface area contributed by atoms with Gasteiger partial charge in [-0.05, 0) is 35.9 Å². The molecular formula is C20H18FN5OS. The Bertz CT molecular complexity index is 993. The monoisotopic (exact) mass is 395 g/mol. The van der Waals surface area contributed by atoms with Crippen molar-refractivity contribution in [3.63, 3.8) is 0 Å². The van der Waals surface area contributed by atoms with E-state index < -0.39 is 0 Å². The molecule has 0 aliphatic carbocycles. The molecule has 0 atom stereocenters. The van der Waals surface area contributed by atoms with Gasteiger partial charge in [0.05, 0.1) is 30.5 Å². The largest absolute Gasteiger partial charge is 0.378 e. The summed E-state index contributed by atoms with van der Waals surface area (Å²) in [7, 11) is 0. The predicted octanol–water partition coefficient (Wildman–Crippen LogP) is 3.41. The molecule has 0 unspecified atom stereocenters. The van der Waals surface area contributed by atoms with Gasteiger partial charge >= 0.3 is 0 Å². The number of aromatic nitrogens is 3. The van der Waals surface area contributed by atoms with Crippen LogP contribution in [0.3, 0.4) is 0 Å². The van der Waals surface area contributed by atoms with E-state index in [2.05, 4.69) is 21.2 Å². The number of ether oxygens (including phenoxy) is 1. The summed E-state index contributed by atoms with van der Waals surface area (Å²) >= 11 is 1.53. The summed E-state index contributed by atoms with van der Waals surface area (Å²) < 4.78 is 21.2. The summed E-state index contributed by atoms with van der Waals surface area (Å²) in [6.45, 7) is 2.69. The molecule has 8 heteroatoms. The van der Waals surface area contributed by atoms with Crippen molar-refractivity contribution in [2.75, 3.05) is 31.2 Å². The van der Waals surface area contributed by atoms with E-state index in [0.29, 0.717) is 54.4 Å². The van der Waals surface area contributed by atoms with Gasteiger partial charge in [0.1, 0.15) is 5.82 Å².